The lowest BCUT2D eigenvalue weighted by molar-refractivity contribution is 0.0593. The Morgan fingerprint density at radius 2 is 2.23 bits per heavy atom. The van der Waals surface area contributed by atoms with Crippen LogP contribution in [0.3, 0.4) is 0 Å². The largest absolute Gasteiger partial charge is 0.464 e. The van der Waals surface area contributed by atoms with E-state index >= 15 is 0 Å². The number of aldehydes is 1. The summed E-state index contributed by atoms with van der Waals surface area (Å²) in [5.74, 6) is -0.589. The third kappa shape index (κ3) is 2.08. The van der Waals surface area contributed by atoms with Gasteiger partial charge in [-0.1, -0.05) is 0 Å². The Morgan fingerprint density at radius 1 is 1.54 bits per heavy atom. The normalized spacial score (nSPS) is 9.38. The molecular formula is C8H8N2O3. The van der Waals surface area contributed by atoms with E-state index in [-0.39, 0.29) is 11.5 Å². The average molecular weight is 180 g/mol. The molecule has 0 unspecified atom stereocenters. The van der Waals surface area contributed by atoms with Gasteiger partial charge in [0.05, 0.1) is 7.11 Å². The fraction of sp³-hybridized carbons (Fsp3) is 0.250. The maximum Gasteiger partial charge on any atom is 0.356 e. The summed E-state index contributed by atoms with van der Waals surface area (Å²) in [7, 11) is 1.25. The lowest BCUT2D eigenvalue weighted by Crippen LogP contribution is -2.08. The summed E-state index contributed by atoms with van der Waals surface area (Å²) < 4.78 is 4.45. The van der Waals surface area contributed by atoms with Crippen molar-refractivity contribution >= 4 is 12.3 Å². The van der Waals surface area contributed by atoms with E-state index in [1.165, 1.54) is 13.2 Å². The lowest BCUT2D eigenvalue weighted by Gasteiger charge is -1.99. The molecule has 0 N–H and O–H groups in total. The van der Waals surface area contributed by atoms with E-state index in [1.807, 2.05) is 0 Å². The number of aromatic nitrogens is 2. The van der Waals surface area contributed by atoms with Crippen LogP contribution < -0.4 is 0 Å². The highest BCUT2D eigenvalue weighted by molar-refractivity contribution is 5.88. The van der Waals surface area contributed by atoms with E-state index in [0.29, 0.717) is 12.0 Å². The van der Waals surface area contributed by atoms with Crippen LogP contribution in [0.25, 0.3) is 0 Å². The quantitative estimate of drug-likeness (QED) is 0.486. The second kappa shape index (κ2) is 3.75. The van der Waals surface area contributed by atoms with E-state index in [2.05, 4.69) is 14.7 Å². The summed E-state index contributed by atoms with van der Waals surface area (Å²) in [6.45, 7) is 1.67. The lowest BCUT2D eigenvalue weighted by atomic mass is 10.3. The highest BCUT2D eigenvalue weighted by Gasteiger charge is 2.09. The molecule has 5 heteroatoms. The van der Waals surface area contributed by atoms with Crippen molar-refractivity contribution in [2.45, 2.75) is 6.92 Å². The number of rotatable bonds is 2. The number of nitrogens with zero attached hydrogens (tertiary/aromatic N) is 2. The molecule has 68 valence electrons. The molecule has 13 heavy (non-hydrogen) atoms. The zero-order valence-corrected chi connectivity index (χ0v) is 7.27. The predicted octanol–water partition coefficient (Wildman–Crippen LogP) is 0.384. The minimum absolute atomic E-state index is 0.0135. The predicted molar refractivity (Wildman–Crippen MR) is 43.5 cm³/mol. The van der Waals surface area contributed by atoms with Crippen LogP contribution in [-0.2, 0) is 4.74 Å². The molecule has 0 bridgehead atoms. The van der Waals surface area contributed by atoms with E-state index in [9.17, 15) is 9.59 Å². The molecular weight excluding hydrogens is 172 g/mol. The van der Waals surface area contributed by atoms with Gasteiger partial charge in [-0.3, -0.25) is 4.79 Å². The summed E-state index contributed by atoms with van der Waals surface area (Å²) in [5.41, 5.74) is 0.648. The maximum atomic E-state index is 11.0. The minimum atomic E-state index is -0.575. The van der Waals surface area contributed by atoms with E-state index in [1.54, 1.807) is 6.92 Å². The molecule has 0 saturated heterocycles. The number of methoxy groups -OCH3 is 1. The Labute approximate surface area is 74.8 Å². The number of hydrogen-bond acceptors (Lipinski definition) is 5. The smallest absolute Gasteiger partial charge is 0.356 e. The maximum absolute atomic E-state index is 11.0. The monoisotopic (exact) mass is 180 g/mol. The van der Waals surface area contributed by atoms with Crippen molar-refractivity contribution < 1.29 is 14.3 Å². The molecule has 0 aromatic carbocycles. The molecule has 0 aliphatic heterocycles. The molecule has 5 nitrogen and oxygen atoms in total. The van der Waals surface area contributed by atoms with Gasteiger partial charge in [-0.25, -0.2) is 14.8 Å². The Hall–Kier alpha value is -1.78. The van der Waals surface area contributed by atoms with Gasteiger partial charge < -0.3 is 4.74 Å². The molecule has 0 aliphatic rings. The Kier molecular flexibility index (Phi) is 2.69. The number of hydrogen-bond donors (Lipinski definition) is 0. The van der Waals surface area contributed by atoms with Crippen molar-refractivity contribution in [3.8, 4) is 0 Å². The van der Waals surface area contributed by atoms with Crippen molar-refractivity contribution in [1.29, 1.82) is 0 Å². The van der Waals surface area contributed by atoms with Crippen molar-refractivity contribution in [3.05, 3.63) is 23.3 Å². The van der Waals surface area contributed by atoms with E-state index in [0.717, 1.165) is 0 Å². The SMILES string of the molecule is COC(=O)c1cc(C)nc(C=O)n1. The Bertz CT molecular complexity index is 349. The molecule has 0 aliphatic carbocycles. The summed E-state index contributed by atoms with van der Waals surface area (Å²) in [5, 5.41) is 0. The molecule has 1 heterocycles. The molecule has 0 amide bonds. The number of esters is 1. The van der Waals surface area contributed by atoms with Gasteiger partial charge in [0.1, 0.15) is 0 Å². The molecule has 1 aromatic rings. The third-order valence-corrected chi connectivity index (χ3v) is 1.37. The highest BCUT2D eigenvalue weighted by atomic mass is 16.5. The molecule has 0 fully saturated rings. The average Bonchev–Trinajstić information content (AvgIpc) is 2.15. The Morgan fingerprint density at radius 3 is 2.77 bits per heavy atom. The standard InChI is InChI=1S/C8H8N2O3/c1-5-3-6(8(12)13-2)10-7(4-11)9-5/h3-4H,1-2H3. The summed E-state index contributed by atoms with van der Waals surface area (Å²) in [6.07, 6.45) is 0.486. The minimum Gasteiger partial charge on any atom is -0.464 e. The van der Waals surface area contributed by atoms with Gasteiger partial charge in [-0.15, -0.1) is 0 Å². The van der Waals surface area contributed by atoms with Gasteiger partial charge in [-0.05, 0) is 13.0 Å². The Balaban J connectivity index is 3.15. The van der Waals surface area contributed by atoms with Crippen LogP contribution in [0.1, 0.15) is 26.8 Å². The summed E-state index contributed by atoms with van der Waals surface area (Å²) in [4.78, 5) is 28.8. The van der Waals surface area contributed by atoms with Crippen LogP contribution >= 0.6 is 0 Å². The molecule has 1 rings (SSSR count). The third-order valence-electron chi connectivity index (χ3n) is 1.37. The van der Waals surface area contributed by atoms with Crippen LogP contribution in [0.4, 0.5) is 0 Å². The number of ether oxygens (including phenoxy) is 1. The molecule has 1 aromatic heterocycles. The summed E-state index contributed by atoms with van der Waals surface area (Å²) >= 11 is 0. The van der Waals surface area contributed by atoms with E-state index < -0.39 is 5.97 Å². The molecule has 0 saturated carbocycles. The van der Waals surface area contributed by atoms with Gasteiger partial charge in [0.25, 0.3) is 0 Å². The van der Waals surface area contributed by atoms with Crippen LogP contribution in [0.15, 0.2) is 6.07 Å². The van der Waals surface area contributed by atoms with Crippen molar-refractivity contribution in [2.24, 2.45) is 0 Å². The highest BCUT2D eigenvalue weighted by Crippen LogP contribution is 2.00. The number of carbonyl (C=O) groups is 2. The first kappa shape index (κ1) is 9.31. The van der Waals surface area contributed by atoms with Gasteiger partial charge >= 0.3 is 5.97 Å². The van der Waals surface area contributed by atoms with Gasteiger partial charge in [0, 0.05) is 5.69 Å². The first-order chi connectivity index (χ1) is 6.17. The van der Waals surface area contributed by atoms with Crippen molar-refractivity contribution in [2.75, 3.05) is 7.11 Å². The fourth-order valence-corrected chi connectivity index (χ4v) is 0.853. The first-order valence-electron chi connectivity index (χ1n) is 3.56. The van der Waals surface area contributed by atoms with Crippen molar-refractivity contribution in [1.82, 2.24) is 9.97 Å². The number of aryl methyl sites for hydroxylation is 1. The first-order valence-corrected chi connectivity index (χ1v) is 3.56. The van der Waals surface area contributed by atoms with Gasteiger partial charge in [-0.2, -0.15) is 0 Å². The number of carbonyl (C=O) groups excluding carboxylic acids is 2. The van der Waals surface area contributed by atoms with Crippen LogP contribution in [-0.4, -0.2) is 29.3 Å². The zero-order chi connectivity index (χ0) is 9.84. The van der Waals surface area contributed by atoms with Gasteiger partial charge in [0.15, 0.2) is 17.8 Å². The topological polar surface area (TPSA) is 69.2 Å². The molecule has 0 atom stereocenters. The zero-order valence-electron chi connectivity index (χ0n) is 7.27. The molecule has 0 spiro atoms. The summed E-state index contributed by atoms with van der Waals surface area (Å²) in [6, 6.07) is 1.46. The van der Waals surface area contributed by atoms with Crippen LogP contribution in [0.2, 0.25) is 0 Å². The van der Waals surface area contributed by atoms with Crippen molar-refractivity contribution in [3.63, 3.8) is 0 Å². The molecule has 0 radical (unpaired) electrons. The second-order valence-corrected chi connectivity index (χ2v) is 2.36. The fourth-order valence-electron chi connectivity index (χ4n) is 0.853. The van der Waals surface area contributed by atoms with E-state index in [4.69, 9.17) is 0 Å². The van der Waals surface area contributed by atoms with Crippen LogP contribution in [0, 0.1) is 6.92 Å². The van der Waals surface area contributed by atoms with Crippen LogP contribution in [0.5, 0.6) is 0 Å². The second-order valence-electron chi connectivity index (χ2n) is 2.36. The van der Waals surface area contributed by atoms with Gasteiger partial charge in [0.2, 0.25) is 0 Å².